The molecule has 0 spiro atoms. The molecule has 1 saturated carbocycles. The fourth-order valence-electron chi connectivity index (χ4n) is 4.50. The molecular weight excluding hydrogens is 264 g/mol. The van der Waals surface area contributed by atoms with E-state index in [1.807, 2.05) is 6.08 Å². The smallest absolute Gasteiger partial charge is 0.225 e. The molecule has 3 aliphatic carbocycles. The lowest BCUT2D eigenvalue weighted by atomic mass is 9.55. The lowest BCUT2D eigenvalue weighted by molar-refractivity contribution is -0.121. The number of rotatable bonds is 1. The zero-order chi connectivity index (χ0) is 15.4. The van der Waals surface area contributed by atoms with E-state index in [9.17, 15) is 15.0 Å². The molecule has 21 heavy (non-hydrogen) atoms. The van der Waals surface area contributed by atoms with Crippen LogP contribution >= 0.6 is 0 Å². The normalized spacial score (nSPS) is 38.4. The summed E-state index contributed by atoms with van der Waals surface area (Å²) in [6, 6.07) is 0. The van der Waals surface area contributed by atoms with Crippen LogP contribution in [-0.2, 0) is 4.79 Å². The molecule has 0 bridgehead atoms. The summed E-state index contributed by atoms with van der Waals surface area (Å²) in [7, 11) is 0. The number of hydrogen-bond acceptors (Lipinski definition) is 3. The number of carbonyl (C=O) groups is 1. The molecule has 3 unspecified atom stereocenters. The second kappa shape index (κ2) is 4.57. The Morgan fingerprint density at radius 1 is 1.33 bits per heavy atom. The molecule has 3 aliphatic rings. The molecule has 0 aliphatic heterocycles. The number of fused-ring (bicyclic) bond motifs is 3. The fourth-order valence-corrected chi connectivity index (χ4v) is 4.50. The van der Waals surface area contributed by atoms with Crippen molar-refractivity contribution in [2.45, 2.75) is 51.6 Å². The molecule has 1 fully saturated rings. The number of hydrogen-bond donors (Lipinski definition) is 2. The van der Waals surface area contributed by atoms with Gasteiger partial charge in [-0.15, -0.1) is 6.58 Å². The summed E-state index contributed by atoms with van der Waals surface area (Å²) >= 11 is 0. The molecule has 3 rings (SSSR count). The van der Waals surface area contributed by atoms with Crippen LogP contribution in [-0.4, -0.2) is 21.6 Å². The van der Waals surface area contributed by atoms with Gasteiger partial charge in [0.15, 0.2) is 5.76 Å². The molecule has 0 aromatic carbocycles. The van der Waals surface area contributed by atoms with Gasteiger partial charge < -0.3 is 10.2 Å². The van der Waals surface area contributed by atoms with Crippen molar-refractivity contribution < 1.29 is 15.0 Å². The van der Waals surface area contributed by atoms with E-state index in [1.165, 1.54) is 0 Å². The van der Waals surface area contributed by atoms with Crippen molar-refractivity contribution in [3.05, 3.63) is 35.6 Å². The maximum Gasteiger partial charge on any atom is 0.225 e. The quantitative estimate of drug-likeness (QED) is 0.726. The van der Waals surface area contributed by atoms with Crippen molar-refractivity contribution >= 4 is 5.78 Å². The van der Waals surface area contributed by atoms with Crippen LogP contribution in [0.1, 0.15) is 46.0 Å². The fraction of sp³-hybridized carbons (Fsp3) is 0.611. The molecule has 3 atom stereocenters. The minimum absolute atomic E-state index is 0.107. The van der Waals surface area contributed by atoms with E-state index in [1.54, 1.807) is 6.08 Å². The van der Waals surface area contributed by atoms with E-state index in [0.29, 0.717) is 12.0 Å². The van der Waals surface area contributed by atoms with Crippen LogP contribution < -0.4 is 0 Å². The Labute approximate surface area is 126 Å². The summed E-state index contributed by atoms with van der Waals surface area (Å²) in [5.41, 5.74) is -0.159. The third-order valence-corrected chi connectivity index (χ3v) is 5.67. The van der Waals surface area contributed by atoms with Gasteiger partial charge in [-0.1, -0.05) is 32.4 Å². The summed E-state index contributed by atoms with van der Waals surface area (Å²) in [6.07, 6.45) is 7.79. The first kappa shape index (κ1) is 14.6. The van der Waals surface area contributed by atoms with Gasteiger partial charge in [0.25, 0.3) is 0 Å². The first-order chi connectivity index (χ1) is 9.81. The van der Waals surface area contributed by atoms with E-state index in [0.717, 1.165) is 31.3 Å². The lowest BCUT2D eigenvalue weighted by Crippen LogP contribution is -2.53. The number of carbonyl (C=O) groups excluding carboxylic acids is 1. The average molecular weight is 288 g/mol. The van der Waals surface area contributed by atoms with Gasteiger partial charge >= 0.3 is 0 Å². The molecule has 0 aromatic rings. The Morgan fingerprint density at radius 3 is 2.71 bits per heavy atom. The number of aliphatic hydroxyl groups excluding tert-OH is 1. The van der Waals surface area contributed by atoms with Crippen LogP contribution in [0.3, 0.4) is 0 Å². The maximum atomic E-state index is 12.6. The van der Waals surface area contributed by atoms with Gasteiger partial charge in [-0.2, -0.15) is 0 Å². The zero-order valence-electron chi connectivity index (χ0n) is 12.9. The molecule has 3 heteroatoms. The molecule has 114 valence electrons. The molecule has 3 nitrogen and oxygen atoms in total. The number of allylic oxidation sites excluding steroid dienone is 3. The first-order valence-electron chi connectivity index (χ1n) is 7.87. The Hall–Kier alpha value is -1.35. The molecule has 0 aromatic heterocycles. The molecule has 0 saturated heterocycles. The van der Waals surface area contributed by atoms with Gasteiger partial charge in [0, 0.05) is 11.5 Å². The standard InChI is InChI=1S/C18H24O3/c1-4-11-7-9-18(21)12-6-5-8-17(2,3)14(12)16(20)15(19)13(18)10-11/h4,10-12,20-21H,1,5-9H2,2-3H3. The predicted molar refractivity (Wildman–Crippen MR) is 81.7 cm³/mol. The van der Waals surface area contributed by atoms with Gasteiger partial charge in [-0.05, 0) is 42.6 Å². The van der Waals surface area contributed by atoms with Gasteiger partial charge in [-0.25, -0.2) is 0 Å². The van der Waals surface area contributed by atoms with Crippen molar-refractivity contribution in [3.8, 4) is 0 Å². The zero-order valence-corrected chi connectivity index (χ0v) is 12.9. The van der Waals surface area contributed by atoms with Gasteiger partial charge in [0.05, 0.1) is 5.60 Å². The highest BCUT2D eigenvalue weighted by Gasteiger charge is 2.55. The topological polar surface area (TPSA) is 57.5 Å². The summed E-state index contributed by atoms with van der Waals surface area (Å²) in [5, 5.41) is 21.7. The van der Waals surface area contributed by atoms with Crippen LogP contribution in [0.15, 0.2) is 35.6 Å². The van der Waals surface area contributed by atoms with Crippen molar-refractivity contribution in [2.24, 2.45) is 17.3 Å². The van der Waals surface area contributed by atoms with Crippen molar-refractivity contribution in [1.82, 2.24) is 0 Å². The summed E-state index contributed by atoms with van der Waals surface area (Å²) in [6.45, 7) is 7.90. The molecule has 0 radical (unpaired) electrons. The second-order valence-electron chi connectivity index (χ2n) is 7.36. The number of ketones is 1. The van der Waals surface area contributed by atoms with Crippen molar-refractivity contribution in [2.75, 3.05) is 0 Å². The average Bonchev–Trinajstić information content (AvgIpc) is 2.44. The highest BCUT2D eigenvalue weighted by Crippen LogP contribution is 2.56. The Kier molecular flexibility index (Phi) is 3.17. The summed E-state index contributed by atoms with van der Waals surface area (Å²) in [4.78, 5) is 12.6. The molecule has 0 heterocycles. The van der Waals surface area contributed by atoms with E-state index in [2.05, 4.69) is 20.4 Å². The molecular formula is C18H24O3. The number of aliphatic hydroxyl groups is 2. The Morgan fingerprint density at radius 2 is 2.05 bits per heavy atom. The van der Waals surface area contributed by atoms with Gasteiger partial charge in [0.2, 0.25) is 5.78 Å². The monoisotopic (exact) mass is 288 g/mol. The minimum atomic E-state index is -1.10. The second-order valence-corrected chi connectivity index (χ2v) is 7.36. The number of Topliss-reactive ketones (excluding diaryl/α,β-unsaturated/α-hetero) is 1. The van der Waals surface area contributed by atoms with Crippen LogP contribution in [0.4, 0.5) is 0 Å². The Bertz CT molecular complexity index is 567. The van der Waals surface area contributed by atoms with Crippen LogP contribution in [0.2, 0.25) is 0 Å². The predicted octanol–water partition coefficient (Wildman–Crippen LogP) is 3.46. The van der Waals surface area contributed by atoms with Crippen LogP contribution in [0.25, 0.3) is 0 Å². The van der Waals surface area contributed by atoms with Gasteiger partial charge in [-0.3, -0.25) is 4.79 Å². The van der Waals surface area contributed by atoms with Crippen molar-refractivity contribution in [3.63, 3.8) is 0 Å². The highest BCUT2D eigenvalue weighted by molar-refractivity contribution is 6.10. The lowest BCUT2D eigenvalue weighted by Gasteiger charge is -2.51. The highest BCUT2D eigenvalue weighted by atomic mass is 16.3. The third kappa shape index (κ3) is 1.94. The van der Waals surface area contributed by atoms with E-state index in [-0.39, 0.29) is 28.8 Å². The summed E-state index contributed by atoms with van der Waals surface area (Å²) < 4.78 is 0. The summed E-state index contributed by atoms with van der Waals surface area (Å²) in [5.74, 6) is -0.526. The van der Waals surface area contributed by atoms with E-state index < -0.39 is 5.60 Å². The maximum absolute atomic E-state index is 12.6. The van der Waals surface area contributed by atoms with Crippen LogP contribution in [0.5, 0.6) is 0 Å². The van der Waals surface area contributed by atoms with Crippen LogP contribution in [0, 0.1) is 17.3 Å². The van der Waals surface area contributed by atoms with E-state index in [4.69, 9.17) is 0 Å². The third-order valence-electron chi connectivity index (χ3n) is 5.67. The molecule has 0 amide bonds. The largest absolute Gasteiger partial charge is 0.504 e. The van der Waals surface area contributed by atoms with Crippen molar-refractivity contribution in [1.29, 1.82) is 0 Å². The molecule has 2 N–H and O–H groups in total. The van der Waals surface area contributed by atoms with Gasteiger partial charge in [0.1, 0.15) is 0 Å². The minimum Gasteiger partial charge on any atom is -0.504 e. The Balaban J connectivity index is 2.19. The SMILES string of the molecule is C=CC1C=C2C(=O)C(O)=C3C(CCCC3(C)C)C2(O)CC1. The van der Waals surface area contributed by atoms with E-state index >= 15 is 0 Å². The first-order valence-corrected chi connectivity index (χ1v) is 7.87.